The predicted molar refractivity (Wildman–Crippen MR) is 94.3 cm³/mol. The van der Waals surface area contributed by atoms with E-state index >= 15 is 0 Å². The molecule has 2 aromatic heterocycles. The van der Waals surface area contributed by atoms with Crippen LogP contribution in [0.1, 0.15) is 54.4 Å². The molecule has 1 saturated heterocycles. The van der Waals surface area contributed by atoms with Crippen LogP contribution in [0.4, 0.5) is 0 Å². The molecule has 0 aromatic carbocycles. The number of aromatic amines is 1. The van der Waals surface area contributed by atoms with Crippen molar-refractivity contribution >= 4 is 5.91 Å². The van der Waals surface area contributed by atoms with Crippen molar-refractivity contribution in [3.05, 3.63) is 51.1 Å². The number of aromatic nitrogens is 2. The number of amides is 1. The average Bonchev–Trinajstić information content (AvgIpc) is 2.97. The predicted octanol–water partition coefficient (Wildman–Crippen LogP) is 2.83. The summed E-state index contributed by atoms with van der Waals surface area (Å²) in [5.74, 6) is 2.71. The van der Waals surface area contributed by atoms with Gasteiger partial charge in [0.1, 0.15) is 17.3 Å². The Morgan fingerprint density at radius 3 is 2.76 bits per heavy atom. The Bertz CT molecular complexity index is 837. The molecule has 6 heteroatoms. The Labute approximate surface area is 147 Å². The molecule has 1 fully saturated rings. The van der Waals surface area contributed by atoms with Gasteiger partial charge < -0.3 is 14.3 Å². The summed E-state index contributed by atoms with van der Waals surface area (Å²) in [5.41, 5.74) is 0.836. The molecule has 134 valence electrons. The van der Waals surface area contributed by atoms with E-state index < -0.39 is 0 Å². The first-order valence-corrected chi connectivity index (χ1v) is 8.77. The Hall–Kier alpha value is -2.37. The number of nitrogens with zero attached hydrogens (tertiary/aromatic N) is 2. The summed E-state index contributed by atoms with van der Waals surface area (Å²) in [5, 5.41) is 0. The van der Waals surface area contributed by atoms with E-state index in [1.165, 1.54) is 0 Å². The number of likely N-dealkylation sites (tertiary alicyclic amines) is 1. The number of piperidine rings is 1. The molecule has 2 atom stereocenters. The number of H-pyrrole nitrogens is 1. The zero-order valence-electron chi connectivity index (χ0n) is 15.3. The first-order chi connectivity index (χ1) is 11.8. The van der Waals surface area contributed by atoms with Crippen LogP contribution < -0.4 is 5.56 Å². The minimum atomic E-state index is -0.228. The van der Waals surface area contributed by atoms with Crippen LogP contribution in [0.2, 0.25) is 0 Å². The van der Waals surface area contributed by atoms with E-state index in [1.807, 2.05) is 24.0 Å². The number of carbonyl (C=O) groups excluding carboxylic acids is 1. The molecule has 1 amide bonds. The van der Waals surface area contributed by atoms with Crippen molar-refractivity contribution in [2.45, 2.75) is 53.0 Å². The van der Waals surface area contributed by atoms with Gasteiger partial charge in [-0.25, -0.2) is 4.98 Å². The number of nitrogens with one attached hydrogen (secondary N) is 1. The van der Waals surface area contributed by atoms with Crippen molar-refractivity contribution in [3.8, 4) is 0 Å². The third kappa shape index (κ3) is 3.67. The fourth-order valence-electron chi connectivity index (χ4n) is 3.55. The Morgan fingerprint density at radius 2 is 2.12 bits per heavy atom. The second kappa shape index (κ2) is 6.86. The van der Waals surface area contributed by atoms with Gasteiger partial charge in [-0.05, 0) is 51.7 Å². The van der Waals surface area contributed by atoms with Crippen LogP contribution in [0.15, 0.2) is 21.3 Å². The maximum Gasteiger partial charge on any atom is 0.254 e. The van der Waals surface area contributed by atoms with E-state index in [1.54, 1.807) is 13.8 Å². The summed E-state index contributed by atoms with van der Waals surface area (Å²) < 4.78 is 5.79. The van der Waals surface area contributed by atoms with Crippen LogP contribution in [0.5, 0.6) is 0 Å². The Morgan fingerprint density at radius 1 is 1.36 bits per heavy atom. The highest BCUT2D eigenvalue weighted by Gasteiger charge is 2.33. The summed E-state index contributed by atoms with van der Waals surface area (Å²) in [7, 11) is 0. The lowest BCUT2D eigenvalue weighted by atomic mass is 9.90. The Kier molecular flexibility index (Phi) is 4.79. The van der Waals surface area contributed by atoms with E-state index in [2.05, 4.69) is 16.9 Å². The highest BCUT2D eigenvalue weighted by Crippen LogP contribution is 2.35. The van der Waals surface area contributed by atoms with Crippen molar-refractivity contribution in [1.29, 1.82) is 0 Å². The normalized spacial score (nSPS) is 20.7. The number of aryl methyl sites for hydroxylation is 3. The molecule has 6 nitrogen and oxygen atoms in total. The standard InChI is InChI=1S/C19H25N3O3/c1-11-7-8-22(16(9-11)17-6-5-12(2)25-17)18(23)10-15-13(3)20-14(4)21-19(15)24/h5-6,11,16H,7-10H2,1-4H3,(H,20,21,24)/t11-,16+/m1/s1. The summed E-state index contributed by atoms with van der Waals surface area (Å²) in [4.78, 5) is 34.0. The molecule has 0 bridgehead atoms. The van der Waals surface area contributed by atoms with Gasteiger partial charge >= 0.3 is 0 Å². The first kappa shape index (κ1) is 17.5. The molecule has 1 N–H and O–H groups in total. The number of hydrogen-bond donors (Lipinski definition) is 1. The SMILES string of the molecule is Cc1nc(C)c(CC(=O)N2CC[C@@H](C)C[C@H]2c2ccc(C)o2)c(=O)[nH]1. The second-order valence-corrected chi connectivity index (χ2v) is 7.07. The van der Waals surface area contributed by atoms with Crippen LogP contribution in [-0.2, 0) is 11.2 Å². The van der Waals surface area contributed by atoms with E-state index in [-0.39, 0.29) is 23.9 Å². The van der Waals surface area contributed by atoms with Crippen molar-refractivity contribution in [2.75, 3.05) is 6.54 Å². The van der Waals surface area contributed by atoms with E-state index in [4.69, 9.17) is 4.42 Å². The molecule has 3 heterocycles. The van der Waals surface area contributed by atoms with Crippen LogP contribution in [0, 0.1) is 26.7 Å². The van der Waals surface area contributed by atoms with Gasteiger partial charge in [-0.3, -0.25) is 9.59 Å². The zero-order valence-corrected chi connectivity index (χ0v) is 15.3. The second-order valence-electron chi connectivity index (χ2n) is 7.07. The lowest BCUT2D eigenvalue weighted by molar-refractivity contribution is -0.135. The van der Waals surface area contributed by atoms with Gasteiger partial charge in [0.2, 0.25) is 5.91 Å². The minimum Gasteiger partial charge on any atom is -0.464 e. The molecular formula is C19H25N3O3. The molecule has 0 saturated carbocycles. The molecule has 3 rings (SSSR count). The number of rotatable bonds is 3. The van der Waals surface area contributed by atoms with Gasteiger partial charge in [0.05, 0.1) is 12.5 Å². The van der Waals surface area contributed by atoms with Crippen molar-refractivity contribution < 1.29 is 9.21 Å². The zero-order chi connectivity index (χ0) is 18.1. The maximum atomic E-state index is 13.0. The number of furan rings is 1. The first-order valence-electron chi connectivity index (χ1n) is 8.77. The molecular weight excluding hydrogens is 318 g/mol. The highest BCUT2D eigenvalue weighted by molar-refractivity contribution is 5.79. The third-order valence-corrected chi connectivity index (χ3v) is 4.94. The number of carbonyl (C=O) groups is 1. The Balaban J connectivity index is 1.86. The van der Waals surface area contributed by atoms with Gasteiger partial charge in [0.15, 0.2) is 0 Å². The van der Waals surface area contributed by atoms with Gasteiger partial charge in [-0.1, -0.05) is 6.92 Å². The molecule has 0 radical (unpaired) electrons. The van der Waals surface area contributed by atoms with Gasteiger partial charge in [-0.15, -0.1) is 0 Å². The molecule has 0 unspecified atom stereocenters. The number of hydrogen-bond acceptors (Lipinski definition) is 4. The van der Waals surface area contributed by atoms with Crippen molar-refractivity contribution in [3.63, 3.8) is 0 Å². The summed E-state index contributed by atoms with van der Waals surface area (Å²) in [6, 6.07) is 3.81. The molecule has 1 aliphatic heterocycles. The molecule has 2 aromatic rings. The smallest absolute Gasteiger partial charge is 0.254 e. The highest BCUT2D eigenvalue weighted by atomic mass is 16.3. The fraction of sp³-hybridized carbons (Fsp3) is 0.526. The van der Waals surface area contributed by atoms with E-state index in [0.29, 0.717) is 29.5 Å². The maximum absolute atomic E-state index is 13.0. The van der Waals surface area contributed by atoms with Gasteiger partial charge in [0.25, 0.3) is 5.56 Å². The molecule has 25 heavy (non-hydrogen) atoms. The molecule has 1 aliphatic rings. The summed E-state index contributed by atoms with van der Waals surface area (Å²) >= 11 is 0. The van der Waals surface area contributed by atoms with Crippen molar-refractivity contribution in [2.24, 2.45) is 5.92 Å². The summed E-state index contributed by atoms with van der Waals surface area (Å²) in [6.45, 7) is 8.30. The minimum absolute atomic E-state index is 0.0507. The quantitative estimate of drug-likeness (QED) is 0.929. The van der Waals surface area contributed by atoms with Crippen LogP contribution >= 0.6 is 0 Å². The monoisotopic (exact) mass is 343 g/mol. The van der Waals surface area contributed by atoms with Crippen molar-refractivity contribution in [1.82, 2.24) is 14.9 Å². The molecule has 0 aliphatic carbocycles. The topological polar surface area (TPSA) is 79.2 Å². The fourth-order valence-corrected chi connectivity index (χ4v) is 3.55. The average molecular weight is 343 g/mol. The lowest BCUT2D eigenvalue weighted by Crippen LogP contribution is -2.42. The van der Waals surface area contributed by atoms with Crippen LogP contribution in [-0.4, -0.2) is 27.3 Å². The van der Waals surface area contributed by atoms with Crippen LogP contribution in [0.25, 0.3) is 0 Å². The van der Waals surface area contributed by atoms with Gasteiger partial charge in [0, 0.05) is 17.8 Å². The molecule has 0 spiro atoms. The van der Waals surface area contributed by atoms with E-state index in [0.717, 1.165) is 24.4 Å². The summed E-state index contributed by atoms with van der Waals surface area (Å²) in [6.07, 6.45) is 1.91. The third-order valence-electron chi connectivity index (χ3n) is 4.94. The lowest BCUT2D eigenvalue weighted by Gasteiger charge is -2.37. The largest absolute Gasteiger partial charge is 0.464 e. The van der Waals surface area contributed by atoms with Crippen LogP contribution in [0.3, 0.4) is 0 Å². The van der Waals surface area contributed by atoms with E-state index in [9.17, 15) is 9.59 Å². The van der Waals surface area contributed by atoms with Gasteiger partial charge in [-0.2, -0.15) is 0 Å².